The Morgan fingerprint density at radius 1 is 1.04 bits per heavy atom. The number of aromatic nitrogens is 3. The molecule has 4 rings (SSSR count). The zero-order valence-electron chi connectivity index (χ0n) is 14.6. The first-order valence-corrected chi connectivity index (χ1v) is 9.09. The van der Waals surface area contributed by atoms with Gasteiger partial charge >= 0.3 is 0 Å². The second-order valence-corrected chi connectivity index (χ2v) is 7.02. The number of hydrogen-bond donors (Lipinski definition) is 1. The van der Waals surface area contributed by atoms with Crippen LogP contribution >= 0.6 is 0 Å². The van der Waals surface area contributed by atoms with E-state index >= 15 is 0 Å². The molecule has 0 amide bonds. The van der Waals surface area contributed by atoms with Crippen molar-refractivity contribution in [3.8, 4) is 11.3 Å². The van der Waals surface area contributed by atoms with Crippen LogP contribution in [0.5, 0.6) is 0 Å². The summed E-state index contributed by atoms with van der Waals surface area (Å²) in [6.07, 6.45) is 5.95. The van der Waals surface area contributed by atoms with Crippen LogP contribution in [0.1, 0.15) is 31.7 Å². The van der Waals surface area contributed by atoms with Gasteiger partial charge in [-0.25, -0.2) is 4.68 Å². The Labute approximate surface area is 148 Å². The molecule has 1 saturated carbocycles. The van der Waals surface area contributed by atoms with E-state index in [2.05, 4.69) is 59.0 Å². The highest BCUT2D eigenvalue weighted by Crippen LogP contribution is 2.28. The van der Waals surface area contributed by atoms with Crippen LogP contribution in [0, 0.1) is 5.92 Å². The largest absolute Gasteiger partial charge is 0.382 e. The van der Waals surface area contributed by atoms with E-state index in [4.69, 9.17) is 0 Å². The molecule has 1 heterocycles. The zero-order valence-corrected chi connectivity index (χ0v) is 14.6. The minimum atomic E-state index is 0.609. The highest BCUT2D eigenvalue weighted by molar-refractivity contribution is 5.61. The second kappa shape index (κ2) is 7.09. The molecule has 4 heteroatoms. The van der Waals surface area contributed by atoms with Gasteiger partial charge in [0.25, 0.3) is 0 Å². The summed E-state index contributed by atoms with van der Waals surface area (Å²) in [4.78, 5) is 0. The van der Waals surface area contributed by atoms with Crippen molar-refractivity contribution in [1.82, 2.24) is 15.0 Å². The molecule has 3 aromatic rings. The maximum absolute atomic E-state index is 4.32. The Morgan fingerprint density at radius 2 is 1.84 bits per heavy atom. The van der Waals surface area contributed by atoms with Gasteiger partial charge in [0, 0.05) is 17.3 Å². The molecule has 1 aliphatic rings. The normalized spacial score (nSPS) is 19.9. The summed E-state index contributed by atoms with van der Waals surface area (Å²) in [6, 6.07) is 19.5. The molecule has 0 saturated heterocycles. The molecule has 2 unspecified atom stereocenters. The lowest BCUT2D eigenvalue weighted by molar-refractivity contribution is 0.556. The van der Waals surface area contributed by atoms with Crippen LogP contribution < -0.4 is 5.32 Å². The average Bonchev–Trinajstić information content (AvgIpc) is 3.26. The van der Waals surface area contributed by atoms with Gasteiger partial charge in [-0.2, -0.15) is 0 Å². The van der Waals surface area contributed by atoms with Crippen molar-refractivity contribution >= 4 is 5.69 Å². The highest BCUT2D eigenvalue weighted by atomic mass is 15.4. The van der Waals surface area contributed by atoms with Crippen molar-refractivity contribution in [3.63, 3.8) is 0 Å². The van der Waals surface area contributed by atoms with Crippen molar-refractivity contribution in [2.45, 2.75) is 38.8 Å². The summed E-state index contributed by atoms with van der Waals surface area (Å²) in [7, 11) is 0. The Kier molecular flexibility index (Phi) is 4.51. The summed E-state index contributed by atoms with van der Waals surface area (Å²) in [5.74, 6) is 0.762. The first-order valence-electron chi connectivity index (χ1n) is 9.09. The van der Waals surface area contributed by atoms with Crippen LogP contribution in [-0.2, 0) is 6.54 Å². The maximum Gasteiger partial charge on any atom is 0.113 e. The number of nitrogens with zero attached hydrogens (tertiary/aromatic N) is 3. The lowest BCUT2D eigenvalue weighted by atomic mass is 10.1. The summed E-state index contributed by atoms with van der Waals surface area (Å²) >= 11 is 0. The predicted octanol–water partition coefficient (Wildman–Crippen LogP) is 4.59. The molecular formula is C21H24N4. The van der Waals surface area contributed by atoms with Gasteiger partial charge in [0.1, 0.15) is 5.69 Å². The van der Waals surface area contributed by atoms with E-state index in [1.807, 2.05) is 29.1 Å². The lowest BCUT2D eigenvalue weighted by Gasteiger charge is -2.18. The van der Waals surface area contributed by atoms with Gasteiger partial charge in [-0.1, -0.05) is 61.0 Å². The average molecular weight is 332 g/mol. The number of anilines is 1. The molecule has 0 aliphatic heterocycles. The smallest absolute Gasteiger partial charge is 0.113 e. The van der Waals surface area contributed by atoms with Crippen LogP contribution in [0.2, 0.25) is 0 Å². The molecular weight excluding hydrogens is 308 g/mol. The molecule has 1 aromatic heterocycles. The first-order chi connectivity index (χ1) is 12.3. The molecule has 1 fully saturated rings. The number of nitrogens with one attached hydrogen (secondary N) is 1. The summed E-state index contributed by atoms with van der Waals surface area (Å²) in [5, 5.41) is 12.2. The Morgan fingerprint density at radius 3 is 2.56 bits per heavy atom. The van der Waals surface area contributed by atoms with Gasteiger partial charge in [-0.05, 0) is 36.5 Å². The fraction of sp³-hybridized carbons (Fsp3) is 0.333. The standard InChI is InChI=1S/C21H24N4/c1-16-6-5-9-20(16)22-19-12-10-18(11-13-19)21-15-25(24-23-21)14-17-7-3-2-4-8-17/h2-4,7-8,10-13,15-16,20,22H,5-6,9,14H2,1H3. The maximum atomic E-state index is 4.32. The van der Waals surface area contributed by atoms with Crippen LogP contribution in [-0.4, -0.2) is 21.0 Å². The fourth-order valence-electron chi connectivity index (χ4n) is 3.59. The second-order valence-electron chi connectivity index (χ2n) is 7.02. The van der Waals surface area contributed by atoms with E-state index in [1.54, 1.807) is 0 Å². The first kappa shape index (κ1) is 15.9. The Bertz CT molecular complexity index is 807. The lowest BCUT2D eigenvalue weighted by Crippen LogP contribution is -2.21. The molecule has 2 aromatic carbocycles. The third kappa shape index (κ3) is 3.73. The molecule has 0 radical (unpaired) electrons. The molecule has 4 nitrogen and oxygen atoms in total. The predicted molar refractivity (Wildman–Crippen MR) is 101 cm³/mol. The Hall–Kier alpha value is -2.62. The monoisotopic (exact) mass is 332 g/mol. The molecule has 1 aliphatic carbocycles. The molecule has 1 N–H and O–H groups in total. The van der Waals surface area contributed by atoms with E-state index in [0.717, 1.165) is 23.7 Å². The minimum absolute atomic E-state index is 0.609. The SMILES string of the molecule is CC1CCCC1Nc1ccc(-c2cn(Cc3ccccc3)nn2)cc1. The van der Waals surface area contributed by atoms with Crippen molar-refractivity contribution < 1.29 is 0 Å². The van der Waals surface area contributed by atoms with E-state index in [1.165, 1.54) is 30.5 Å². The fourth-order valence-corrected chi connectivity index (χ4v) is 3.59. The van der Waals surface area contributed by atoms with E-state index in [-0.39, 0.29) is 0 Å². The Balaban J connectivity index is 1.43. The summed E-state index contributed by atoms with van der Waals surface area (Å²) < 4.78 is 1.89. The third-order valence-electron chi connectivity index (χ3n) is 5.12. The van der Waals surface area contributed by atoms with Crippen molar-refractivity contribution in [2.24, 2.45) is 5.92 Å². The van der Waals surface area contributed by atoms with Crippen molar-refractivity contribution in [2.75, 3.05) is 5.32 Å². The highest BCUT2D eigenvalue weighted by Gasteiger charge is 2.22. The van der Waals surface area contributed by atoms with Gasteiger partial charge in [-0.15, -0.1) is 5.10 Å². The topological polar surface area (TPSA) is 42.7 Å². The summed E-state index contributed by atoms with van der Waals surface area (Å²) in [6.45, 7) is 3.08. The minimum Gasteiger partial charge on any atom is -0.382 e. The van der Waals surface area contributed by atoms with Crippen molar-refractivity contribution in [1.29, 1.82) is 0 Å². The molecule has 0 spiro atoms. The van der Waals surface area contributed by atoms with Crippen LogP contribution in [0.15, 0.2) is 60.8 Å². The van der Waals surface area contributed by atoms with E-state index in [9.17, 15) is 0 Å². The van der Waals surface area contributed by atoms with Gasteiger partial charge in [0.15, 0.2) is 0 Å². The molecule has 25 heavy (non-hydrogen) atoms. The number of hydrogen-bond acceptors (Lipinski definition) is 3. The van der Waals surface area contributed by atoms with Gasteiger partial charge in [0.05, 0.1) is 12.7 Å². The van der Waals surface area contributed by atoms with E-state index in [0.29, 0.717) is 6.04 Å². The summed E-state index contributed by atoms with van der Waals surface area (Å²) in [5.41, 5.74) is 4.43. The number of rotatable bonds is 5. The van der Waals surface area contributed by atoms with Crippen molar-refractivity contribution in [3.05, 3.63) is 66.4 Å². The van der Waals surface area contributed by atoms with Gasteiger partial charge in [-0.3, -0.25) is 0 Å². The van der Waals surface area contributed by atoms with Gasteiger partial charge < -0.3 is 5.32 Å². The molecule has 2 atom stereocenters. The third-order valence-corrected chi connectivity index (χ3v) is 5.12. The number of benzene rings is 2. The van der Waals surface area contributed by atoms with E-state index < -0.39 is 0 Å². The molecule has 0 bridgehead atoms. The zero-order chi connectivity index (χ0) is 17.1. The van der Waals surface area contributed by atoms with Crippen LogP contribution in [0.25, 0.3) is 11.3 Å². The van der Waals surface area contributed by atoms with Crippen LogP contribution in [0.3, 0.4) is 0 Å². The quantitative estimate of drug-likeness (QED) is 0.743. The van der Waals surface area contributed by atoms with Gasteiger partial charge in [0.2, 0.25) is 0 Å². The van der Waals surface area contributed by atoms with Crippen LogP contribution in [0.4, 0.5) is 5.69 Å². The molecule has 128 valence electrons.